The van der Waals surface area contributed by atoms with Crippen LogP contribution in [0.1, 0.15) is 39.0 Å². The molecule has 0 saturated carbocycles. The third-order valence-corrected chi connectivity index (χ3v) is 5.40. The zero-order chi connectivity index (χ0) is 22.3. The van der Waals surface area contributed by atoms with Crippen LogP contribution in [0.3, 0.4) is 0 Å². The van der Waals surface area contributed by atoms with E-state index < -0.39 is 17.6 Å². The number of ether oxygens (including phenoxy) is 3. The van der Waals surface area contributed by atoms with Crippen molar-refractivity contribution in [1.82, 2.24) is 15.1 Å². The van der Waals surface area contributed by atoms with E-state index in [1.165, 1.54) is 18.2 Å². The molecular formula is C22H18F3N3O4. The van der Waals surface area contributed by atoms with Crippen molar-refractivity contribution in [3.8, 4) is 11.5 Å². The van der Waals surface area contributed by atoms with Crippen LogP contribution < -0.4 is 14.8 Å². The Bertz CT molecular complexity index is 1180. The first-order valence-electron chi connectivity index (χ1n) is 9.89. The highest BCUT2D eigenvalue weighted by atomic mass is 19.4. The first kappa shape index (κ1) is 20.4. The third-order valence-electron chi connectivity index (χ3n) is 5.40. The van der Waals surface area contributed by atoms with Crippen LogP contribution in [-0.4, -0.2) is 22.5 Å². The lowest BCUT2D eigenvalue weighted by atomic mass is 10.1. The van der Waals surface area contributed by atoms with Crippen LogP contribution in [0.25, 0.3) is 0 Å². The highest BCUT2D eigenvalue weighted by Crippen LogP contribution is 2.36. The largest absolute Gasteiger partial charge is 0.454 e. The summed E-state index contributed by atoms with van der Waals surface area (Å²) in [6.45, 7) is 0.558. The van der Waals surface area contributed by atoms with Gasteiger partial charge in [0.2, 0.25) is 6.79 Å². The predicted molar refractivity (Wildman–Crippen MR) is 105 cm³/mol. The Morgan fingerprint density at radius 1 is 1.12 bits per heavy atom. The second-order valence-electron chi connectivity index (χ2n) is 7.45. The molecule has 0 bridgehead atoms. The molecular weight excluding hydrogens is 427 g/mol. The quantitative estimate of drug-likeness (QED) is 0.661. The van der Waals surface area contributed by atoms with Crippen molar-refractivity contribution in [2.75, 3.05) is 6.79 Å². The number of fused-ring (bicyclic) bond motifs is 2. The summed E-state index contributed by atoms with van der Waals surface area (Å²) < 4.78 is 57.7. The van der Waals surface area contributed by atoms with Crippen molar-refractivity contribution in [2.45, 2.75) is 32.0 Å². The van der Waals surface area contributed by atoms with Crippen LogP contribution in [0.5, 0.6) is 11.5 Å². The number of amides is 1. The van der Waals surface area contributed by atoms with Crippen molar-refractivity contribution in [3.63, 3.8) is 0 Å². The normalized spacial score (nSPS) is 17.2. The van der Waals surface area contributed by atoms with Gasteiger partial charge in [0.1, 0.15) is 6.10 Å². The van der Waals surface area contributed by atoms with E-state index in [9.17, 15) is 18.0 Å². The van der Waals surface area contributed by atoms with Gasteiger partial charge in [-0.15, -0.1) is 0 Å². The Morgan fingerprint density at radius 3 is 2.78 bits per heavy atom. The van der Waals surface area contributed by atoms with E-state index >= 15 is 0 Å². The van der Waals surface area contributed by atoms with Gasteiger partial charge in [0.25, 0.3) is 5.91 Å². The molecule has 2 aromatic carbocycles. The monoisotopic (exact) mass is 445 g/mol. The first-order valence-corrected chi connectivity index (χ1v) is 9.89. The molecule has 5 rings (SSSR count). The number of alkyl halides is 3. The Kier molecular flexibility index (Phi) is 5.01. The maximum Gasteiger partial charge on any atom is 0.416 e. The summed E-state index contributed by atoms with van der Waals surface area (Å²) in [7, 11) is 0. The fraction of sp³-hybridized carbons (Fsp3) is 0.273. The molecule has 3 heterocycles. The zero-order valence-electron chi connectivity index (χ0n) is 16.7. The average Bonchev–Trinajstić information content (AvgIpc) is 3.42. The molecule has 10 heteroatoms. The standard InChI is InChI=1S/C22H18F3N3O4/c23-22(24,25)16-4-2-1-3-14(16)9-26-21(29)17-8-15-11-30-20(10-28(15)27-17)13-5-6-18-19(7-13)32-12-31-18/h1-8,20H,9-12H2,(H,26,29)/t20-/m0/s1. The summed E-state index contributed by atoms with van der Waals surface area (Å²) in [5, 5.41) is 6.85. The molecule has 32 heavy (non-hydrogen) atoms. The molecule has 0 spiro atoms. The van der Waals surface area contributed by atoms with Gasteiger partial charge in [0.05, 0.1) is 24.4 Å². The summed E-state index contributed by atoms with van der Waals surface area (Å²) in [5.41, 5.74) is 0.945. The second-order valence-corrected chi connectivity index (χ2v) is 7.45. The van der Waals surface area contributed by atoms with Crippen LogP contribution in [0, 0.1) is 0 Å². The van der Waals surface area contributed by atoms with Gasteiger partial charge >= 0.3 is 6.18 Å². The fourth-order valence-electron chi connectivity index (χ4n) is 3.77. The molecule has 7 nitrogen and oxygen atoms in total. The smallest absolute Gasteiger partial charge is 0.416 e. The van der Waals surface area contributed by atoms with Crippen LogP contribution in [-0.2, 0) is 30.6 Å². The van der Waals surface area contributed by atoms with Gasteiger partial charge in [0, 0.05) is 6.54 Å². The number of carbonyl (C=O) groups excluding carboxylic acids is 1. The number of hydrogen-bond donors (Lipinski definition) is 1. The van der Waals surface area contributed by atoms with Crippen LogP contribution in [0.15, 0.2) is 48.5 Å². The number of halogens is 3. The molecule has 1 amide bonds. The van der Waals surface area contributed by atoms with Crippen molar-refractivity contribution >= 4 is 5.91 Å². The fourth-order valence-corrected chi connectivity index (χ4v) is 3.77. The average molecular weight is 445 g/mol. The number of carbonyl (C=O) groups is 1. The molecule has 0 saturated heterocycles. The maximum absolute atomic E-state index is 13.1. The van der Waals surface area contributed by atoms with Gasteiger partial charge in [-0.3, -0.25) is 9.48 Å². The van der Waals surface area contributed by atoms with Gasteiger partial charge in [-0.05, 0) is 35.4 Å². The van der Waals surface area contributed by atoms with Crippen LogP contribution in [0.2, 0.25) is 0 Å². The van der Waals surface area contributed by atoms with E-state index in [1.807, 2.05) is 18.2 Å². The zero-order valence-corrected chi connectivity index (χ0v) is 16.7. The highest BCUT2D eigenvalue weighted by Gasteiger charge is 2.33. The Labute approximate surface area is 180 Å². The summed E-state index contributed by atoms with van der Waals surface area (Å²) in [4.78, 5) is 12.5. The van der Waals surface area contributed by atoms with Crippen molar-refractivity contribution < 1.29 is 32.2 Å². The summed E-state index contributed by atoms with van der Waals surface area (Å²) >= 11 is 0. The van der Waals surface area contributed by atoms with Crippen molar-refractivity contribution in [2.24, 2.45) is 0 Å². The van der Waals surface area contributed by atoms with E-state index in [-0.39, 0.29) is 37.3 Å². The topological polar surface area (TPSA) is 74.6 Å². The Hall–Kier alpha value is -3.53. The van der Waals surface area contributed by atoms with E-state index in [0.717, 1.165) is 11.6 Å². The number of hydrogen-bond acceptors (Lipinski definition) is 5. The SMILES string of the molecule is O=C(NCc1ccccc1C(F)(F)F)c1cc2n(n1)C[C@@H](c1ccc3c(c1)OCO3)OC2. The number of benzene rings is 2. The minimum atomic E-state index is -4.49. The number of nitrogens with zero attached hydrogens (tertiary/aromatic N) is 2. The molecule has 2 aliphatic rings. The van der Waals surface area contributed by atoms with Crippen LogP contribution >= 0.6 is 0 Å². The van der Waals surface area contributed by atoms with Crippen molar-refractivity contribution in [1.29, 1.82) is 0 Å². The van der Waals surface area contributed by atoms with Gasteiger partial charge in [-0.25, -0.2) is 0 Å². The Balaban J connectivity index is 1.27. The van der Waals surface area contributed by atoms with Gasteiger partial charge in [-0.2, -0.15) is 18.3 Å². The number of nitrogens with one attached hydrogen (secondary N) is 1. The molecule has 1 atom stereocenters. The maximum atomic E-state index is 13.1. The molecule has 1 N–H and O–H groups in total. The Morgan fingerprint density at radius 2 is 1.94 bits per heavy atom. The van der Waals surface area contributed by atoms with E-state index in [1.54, 1.807) is 10.7 Å². The second kappa shape index (κ2) is 7.86. The van der Waals surface area contributed by atoms with Gasteiger partial charge in [0.15, 0.2) is 17.2 Å². The molecule has 3 aromatic rings. The van der Waals surface area contributed by atoms with Gasteiger partial charge in [-0.1, -0.05) is 24.3 Å². The molecule has 0 aliphatic carbocycles. The molecule has 0 fully saturated rings. The lowest BCUT2D eigenvalue weighted by molar-refractivity contribution is -0.138. The minimum absolute atomic E-state index is 0.0106. The molecule has 166 valence electrons. The summed E-state index contributed by atoms with van der Waals surface area (Å²) in [6, 6.07) is 12.3. The first-order chi connectivity index (χ1) is 15.4. The lowest BCUT2D eigenvalue weighted by Crippen LogP contribution is -2.25. The molecule has 0 radical (unpaired) electrons. The number of rotatable bonds is 4. The van der Waals surface area contributed by atoms with Crippen LogP contribution in [0.4, 0.5) is 13.2 Å². The number of aromatic nitrogens is 2. The molecule has 0 unspecified atom stereocenters. The minimum Gasteiger partial charge on any atom is -0.454 e. The lowest BCUT2D eigenvalue weighted by Gasteiger charge is -2.24. The van der Waals surface area contributed by atoms with E-state index in [2.05, 4.69) is 10.4 Å². The predicted octanol–water partition coefficient (Wildman–Crippen LogP) is 3.83. The molecule has 2 aliphatic heterocycles. The molecule has 1 aromatic heterocycles. The summed E-state index contributed by atoms with van der Waals surface area (Å²) in [6.07, 6.45) is -4.78. The van der Waals surface area contributed by atoms with Gasteiger partial charge < -0.3 is 19.5 Å². The highest BCUT2D eigenvalue weighted by molar-refractivity contribution is 5.92. The third kappa shape index (κ3) is 3.89. The van der Waals surface area contributed by atoms with Crippen molar-refractivity contribution in [3.05, 3.63) is 76.6 Å². The van der Waals surface area contributed by atoms with E-state index in [0.29, 0.717) is 23.7 Å². The van der Waals surface area contributed by atoms with E-state index in [4.69, 9.17) is 14.2 Å². The summed E-state index contributed by atoms with van der Waals surface area (Å²) in [5.74, 6) is 0.774.